The predicted molar refractivity (Wildman–Crippen MR) is 113 cm³/mol. The van der Waals surface area contributed by atoms with Crippen LogP contribution in [0, 0.1) is 6.92 Å². The van der Waals surface area contributed by atoms with E-state index in [2.05, 4.69) is 15.5 Å². The van der Waals surface area contributed by atoms with Gasteiger partial charge >= 0.3 is 0 Å². The number of carbonyl (C=O) groups excluding carboxylic acids is 2. The first-order chi connectivity index (χ1) is 13.3. The van der Waals surface area contributed by atoms with E-state index in [1.165, 1.54) is 11.8 Å². The molecule has 2 aromatic heterocycles. The van der Waals surface area contributed by atoms with Gasteiger partial charge in [0.1, 0.15) is 10.8 Å². The first-order valence-corrected chi connectivity index (χ1v) is 10.7. The van der Waals surface area contributed by atoms with Gasteiger partial charge in [-0.2, -0.15) is 0 Å². The average Bonchev–Trinajstić information content (AvgIpc) is 3.30. The lowest BCUT2D eigenvalue weighted by molar-refractivity contribution is -0.128. The van der Waals surface area contributed by atoms with Gasteiger partial charge in [-0.1, -0.05) is 17.3 Å². The van der Waals surface area contributed by atoms with Gasteiger partial charge in [0, 0.05) is 13.1 Å². The van der Waals surface area contributed by atoms with E-state index in [9.17, 15) is 9.59 Å². The summed E-state index contributed by atoms with van der Waals surface area (Å²) in [6, 6.07) is 9.44. The molecular weight excluding hydrogens is 396 g/mol. The van der Waals surface area contributed by atoms with Crippen LogP contribution in [0.5, 0.6) is 0 Å². The molecule has 3 rings (SSSR count). The second kappa shape index (κ2) is 8.74. The monoisotopic (exact) mass is 418 g/mol. The second-order valence-corrected chi connectivity index (χ2v) is 8.86. The molecule has 0 aliphatic heterocycles. The summed E-state index contributed by atoms with van der Waals surface area (Å²) in [5, 5.41) is 6.92. The fraction of sp³-hybridized carbons (Fsp3) is 0.368. The number of nitrogens with one attached hydrogen (secondary N) is 1. The number of benzene rings is 1. The Kier molecular flexibility index (Phi) is 6.35. The maximum Gasteiger partial charge on any atom is 0.238 e. The summed E-state index contributed by atoms with van der Waals surface area (Å²) in [6.07, 6.45) is 0. The Morgan fingerprint density at radius 1 is 1.32 bits per heavy atom. The number of thiazole rings is 1. The minimum atomic E-state index is -0.396. The zero-order valence-electron chi connectivity index (χ0n) is 16.1. The Labute approximate surface area is 171 Å². The number of rotatable bonds is 7. The van der Waals surface area contributed by atoms with Crippen molar-refractivity contribution < 1.29 is 14.1 Å². The van der Waals surface area contributed by atoms with Gasteiger partial charge in [0.05, 0.1) is 27.3 Å². The van der Waals surface area contributed by atoms with Crippen molar-refractivity contribution in [1.82, 2.24) is 15.0 Å². The average molecular weight is 419 g/mol. The molecule has 0 aliphatic carbocycles. The molecule has 0 fully saturated rings. The number of thioether (sulfide) groups is 1. The molecule has 0 saturated heterocycles. The van der Waals surface area contributed by atoms with Crippen molar-refractivity contribution in [3.63, 3.8) is 0 Å². The summed E-state index contributed by atoms with van der Waals surface area (Å²) in [6.45, 7) is 5.47. The third-order valence-corrected chi connectivity index (χ3v) is 6.68. The van der Waals surface area contributed by atoms with Crippen LogP contribution in [0.2, 0.25) is 0 Å². The Balaban J connectivity index is 1.53. The Morgan fingerprint density at radius 2 is 2.07 bits per heavy atom. The van der Waals surface area contributed by atoms with E-state index < -0.39 is 5.25 Å². The van der Waals surface area contributed by atoms with E-state index in [1.54, 1.807) is 43.2 Å². The van der Waals surface area contributed by atoms with Crippen molar-refractivity contribution in [2.75, 3.05) is 18.1 Å². The zero-order chi connectivity index (χ0) is 20.3. The first kappa shape index (κ1) is 20.3. The Morgan fingerprint density at radius 3 is 2.75 bits per heavy atom. The van der Waals surface area contributed by atoms with Gasteiger partial charge < -0.3 is 14.7 Å². The number of hydrogen-bond acceptors (Lipinski definition) is 7. The van der Waals surface area contributed by atoms with Crippen molar-refractivity contribution in [2.45, 2.75) is 32.1 Å². The maximum atomic E-state index is 12.6. The van der Waals surface area contributed by atoms with E-state index >= 15 is 0 Å². The van der Waals surface area contributed by atoms with Crippen LogP contribution < -0.4 is 5.32 Å². The first-order valence-electron chi connectivity index (χ1n) is 8.82. The van der Waals surface area contributed by atoms with Gasteiger partial charge in [-0.25, -0.2) is 4.98 Å². The number of nitrogens with zero attached hydrogens (tertiary/aromatic N) is 3. The van der Waals surface area contributed by atoms with Crippen LogP contribution in [0.1, 0.15) is 30.7 Å². The van der Waals surface area contributed by atoms with Gasteiger partial charge in [0.2, 0.25) is 11.8 Å². The predicted octanol–water partition coefficient (Wildman–Crippen LogP) is 3.87. The van der Waals surface area contributed by atoms with Crippen LogP contribution in [0.15, 0.2) is 34.9 Å². The number of para-hydroxylation sites is 1. The quantitative estimate of drug-likeness (QED) is 0.627. The summed E-state index contributed by atoms with van der Waals surface area (Å²) >= 11 is 2.88. The molecule has 2 atom stereocenters. The molecule has 7 nitrogen and oxygen atoms in total. The molecule has 0 radical (unpaired) electrons. The van der Waals surface area contributed by atoms with Crippen LogP contribution in [0.4, 0.5) is 5.82 Å². The van der Waals surface area contributed by atoms with Gasteiger partial charge in [-0.3, -0.25) is 9.59 Å². The van der Waals surface area contributed by atoms with Crippen LogP contribution >= 0.6 is 23.1 Å². The molecular formula is C19H22N4O3S2. The molecule has 3 aromatic rings. The van der Waals surface area contributed by atoms with Gasteiger partial charge in [0.15, 0.2) is 5.82 Å². The molecule has 1 aromatic carbocycles. The molecule has 0 aliphatic rings. The van der Waals surface area contributed by atoms with Gasteiger partial charge in [-0.05, 0) is 32.9 Å². The minimum absolute atomic E-state index is 0.0475. The standard InChI is InChI=1S/C19H22N4O3S2/c1-11-9-16(22-26-11)21-18(25)13(3)27-10-17(24)23(4)12(2)19-20-14-7-5-6-8-15(14)28-19/h5-9,12-13H,10H2,1-4H3,(H,21,22,25)/t12-,13-/m0/s1. The summed E-state index contributed by atoms with van der Waals surface area (Å²) in [4.78, 5) is 31.1. The van der Waals surface area contributed by atoms with Crippen molar-refractivity contribution in [1.29, 1.82) is 0 Å². The summed E-state index contributed by atoms with van der Waals surface area (Å²) in [5.74, 6) is 0.943. The molecule has 0 bridgehead atoms. The van der Waals surface area contributed by atoms with Crippen LogP contribution in [0.25, 0.3) is 10.2 Å². The van der Waals surface area contributed by atoms with Crippen LogP contribution in [-0.2, 0) is 9.59 Å². The largest absolute Gasteiger partial charge is 0.360 e. The third kappa shape index (κ3) is 4.71. The lowest BCUT2D eigenvalue weighted by atomic mass is 10.3. The number of hydrogen-bond donors (Lipinski definition) is 1. The molecule has 1 N–H and O–H groups in total. The second-order valence-electron chi connectivity index (χ2n) is 6.47. The lowest BCUT2D eigenvalue weighted by Crippen LogP contribution is -2.32. The van der Waals surface area contributed by atoms with E-state index in [1.807, 2.05) is 31.2 Å². The summed E-state index contributed by atoms with van der Waals surface area (Å²) in [5.41, 5.74) is 0.943. The van der Waals surface area contributed by atoms with Gasteiger partial charge in [-0.15, -0.1) is 23.1 Å². The van der Waals surface area contributed by atoms with Gasteiger partial charge in [0.25, 0.3) is 0 Å². The molecule has 148 valence electrons. The van der Waals surface area contributed by atoms with Crippen molar-refractivity contribution in [3.8, 4) is 0 Å². The fourth-order valence-electron chi connectivity index (χ4n) is 2.48. The number of carbonyl (C=O) groups is 2. The summed E-state index contributed by atoms with van der Waals surface area (Å²) < 4.78 is 6.03. The Bertz CT molecular complexity index is 951. The molecule has 0 saturated carbocycles. The SMILES string of the molecule is Cc1cc(NC(=O)[C@H](C)SCC(=O)N(C)[C@@H](C)c2nc3ccccc3s2)no1. The lowest BCUT2D eigenvalue weighted by Gasteiger charge is -2.23. The number of fused-ring (bicyclic) bond motifs is 1. The topological polar surface area (TPSA) is 88.3 Å². The molecule has 2 amide bonds. The Hall–Kier alpha value is -2.39. The minimum Gasteiger partial charge on any atom is -0.360 e. The fourth-order valence-corrected chi connectivity index (χ4v) is 4.35. The molecule has 0 spiro atoms. The van der Waals surface area contributed by atoms with E-state index in [0.29, 0.717) is 11.6 Å². The maximum absolute atomic E-state index is 12.6. The molecule has 2 heterocycles. The van der Waals surface area contributed by atoms with Crippen molar-refractivity contribution in [3.05, 3.63) is 41.1 Å². The highest BCUT2D eigenvalue weighted by Gasteiger charge is 2.23. The highest BCUT2D eigenvalue weighted by atomic mass is 32.2. The normalized spacial score (nSPS) is 13.3. The number of aryl methyl sites for hydroxylation is 1. The van der Waals surface area contributed by atoms with Crippen LogP contribution in [-0.4, -0.2) is 44.9 Å². The van der Waals surface area contributed by atoms with Crippen molar-refractivity contribution >= 4 is 50.9 Å². The number of anilines is 1. The highest BCUT2D eigenvalue weighted by molar-refractivity contribution is 8.01. The highest BCUT2D eigenvalue weighted by Crippen LogP contribution is 2.29. The van der Waals surface area contributed by atoms with E-state index in [0.717, 1.165) is 15.2 Å². The summed E-state index contributed by atoms with van der Waals surface area (Å²) in [7, 11) is 1.77. The van der Waals surface area contributed by atoms with Crippen molar-refractivity contribution in [2.24, 2.45) is 0 Å². The van der Waals surface area contributed by atoms with E-state index in [4.69, 9.17) is 4.52 Å². The third-order valence-electron chi connectivity index (χ3n) is 4.35. The van der Waals surface area contributed by atoms with E-state index in [-0.39, 0.29) is 23.6 Å². The number of amides is 2. The molecule has 28 heavy (non-hydrogen) atoms. The number of aromatic nitrogens is 2. The molecule has 9 heteroatoms. The smallest absolute Gasteiger partial charge is 0.238 e. The zero-order valence-corrected chi connectivity index (χ0v) is 17.8. The molecule has 0 unspecified atom stereocenters. The van der Waals surface area contributed by atoms with Crippen LogP contribution in [0.3, 0.4) is 0 Å².